The van der Waals surface area contributed by atoms with E-state index in [-0.39, 0.29) is 23.7 Å². The Labute approximate surface area is 111 Å². The van der Waals surface area contributed by atoms with Crippen molar-refractivity contribution >= 4 is 17.6 Å². The third kappa shape index (κ3) is 2.67. The minimum Gasteiger partial charge on any atom is -0.469 e. The number of methoxy groups -OCH3 is 1. The van der Waals surface area contributed by atoms with Crippen LogP contribution < -0.4 is 5.73 Å². The fourth-order valence-corrected chi connectivity index (χ4v) is 2.28. The van der Waals surface area contributed by atoms with Gasteiger partial charge in [0.15, 0.2) is 0 Å². The first-order chi connectivity index (χ1) is 9.02. The molecule has 1 amide bonds. The largest absolute Gasteiger partial charge is 0.469 e. The predicted octanol–water partition coefficient (Wildman–Crippen LogP) is 0.545. The fourth-order valence-electron chi connectivity index (χ4n) is 2.28. The van der Waals surface area contributed by atoms with Gasteiger partial charge < -0.3 is 15.4 Å². The monoisotopic (exact) mass is 263 g/mol. The first kappa shape index (κ1) is 13.3. The van der Waals surface area contributed by atoms with Gasteiger partial charge in [-0.15, -0.1) is 0 Å². The molecule has 1 saturated heterocycles. The van der Waals surface area contributed by atoms with E-state index < -0.39 is 0 Å². The summed E-state index contributed by atoms with van der Waals surface area (Å²) in [6.45, 7) is 2.84. The summed E-state index contributed by atoms with van der Waals surface area (Å²) >= 11 is 0. The van der Waals surface area contributed by atoms with Crippen molar-refractivity contribution in [2.75, 3.05) is 25.9 Å². The summed E-state index contributed by atoms with van der Waals surface area (Å²) in [5.74, 6) is -0.626. The molecule has 2 heterocycles. The summed E-state index contributed by atoms with van der Waals surface area (Å²) < 4.78 is 4.75. The molecule has 0 aromatic carbocycles. The number of hydrogen-bond acceptors (Lipinski definition) is 5. The standard InChI is InChI=1S/C13H17N3O3/c1-8-6-16(7-10(8)13(18)19-2)12(17)11-4-3-9(14)5-15-11/h3-5,8,10H,6-7,14H2,1-2H3. The lowest BCUT2D eigenvalue weighted by molar-refractivity contribution is -0.146. The number of rotatable bonds is 2. The third-order valence-electron chi connectivity index (χ3n) is 3.41. The van der Waals surface area contributed by atoms with Crippen molar-refractivity contribution < 1.29 is 14.3 Å². The molecule has 6 nitrogen and oxygen atoms in total. The highest BCUT2D eigenvalue weighted by molar-refractivity contribution is 5.93. The first-order valence-electron chi connectivity index (χ1n) is 6.11. The first-order valence-corrected chi connectivity index (χ1v) is 6.11. The molecule has 2 rings (SSSR count). The van der Waals surface area contributed by atoms with E-state index in [1.54, 1.807) is 17.0 Å². The Balaban J connectivity index is 2.09. The molecule has 1 aliphatic heterocycles. The van der Waals surface area contributed by atoms with Crippen LogP contribution in [0.2, 0.25) is 0 Å². The average molecular weight is 263 g/mol. The number of esters is 1. The molecule has 2 unspecified atom stereocenters. The lowest BCUT2D eigenvalue weighted by Crippen LogP contribution is -2.30. The van der Waals surface area contributed by atoms with Gasteiger partial charge in [0.05, 0.1) is 24.9 Å². The number of nitrogens with two attached hydrogens (primary N) is 1. The van der Waals surface area contributed by atoms with Crippen LogP contribution in [-0.4, -0.2) is 42.0 Å². The van der Waals surface area contributed by atoms with Gasteiger partial charge >= 0.3 is 5.97 Å². The van der Waals surface area contributed by atoms with Gasteiger partial charge in [0.1, 0.15) is 5.69 Å². The zero-order chi connectivity index (χ0) is 14.0. The third-order valence-corrected chi connectivity index (χ3v) is 3.41. The Morgan fingerprint density at radius 1 is 1.42 bits per heavy atom. The summed E-state index contributed by atoms with van der Waals surface area (Å²) in [7, 11) is 1.36. The molecule has 1 fully saturated rings. The fraction of sp³-hybridized carbons (Fsp3) is 0.462. The highest BCUT2D eigenvalue weighted by Gasteiger charge is 2.38. The molecule has 2 N–H and O–H groups in total. The van der Waals surface area contributed by atoms with E-state index in [1.807, 2.05) is 6.92 Å². The van der Waals surface area contributed by atoms with E-state index in [9.17, 15) is 9.59 Å². The number of aromatic nitrogens is 1. The number of carbonyl (C=O) groups is 2. The van der Waals surface area contributed by atoms with Crippen molar-refractivity contribution in [3.63, 3.8) is 0 Å². The van der Waals surface area contributed by atoms with E-state index in [0.29, 0.717) is 24.5 Å². The molecule has 0 radical (unpaired) electrons. The molecule has 102 valence electrons. The van der Waals surface area contributed by atoms with Gasteiger partial charge in [-0.1, -0.05) is 6.92 Å². The zero-order valence-corrected chi connectivity index (χ0v) is 11.0. The maximum atomic E-state index is 12.2. The van der Waals surface area contributed by atoms with Crippen LogP contribution in [0.3, 0.4) is 0 Å². The minimum absolute atomic E-state index is 0.0881. The molecule has 2 atom stereocenters. The summed E-state index contributed by atoms with van der Waals surface area (Å²) in [6.07, 6.45) is 1.45. The number of likely N-dealkylation sites (tertiary alicyclic amines) is 1. The van der Waals surface area contributed by atoms with Crippen molar-refractivity contribution in [2.45, 2.75) is 6.92 Å². The molecule has 1 aromatic heterocycles. The van der Waals surface area contributed by atoms with Crippen LogP contribution in [0.5, 0.6) is 0 Å². The molecule has 0 saturated carbocycles. The van der Waals surface area contributed by atoms with Crippen molar-refractivity contribution in [3.05, 3.63) is 24.0 Å². The van der Waals surface area contributed by atoms with Gasteiger partial charge in [-0.25, -0.2) is 4.98 Å². The van der Waals surface area contributed by atoms with Crippen molar-refractivity contribution in [2.24, 2.45) is 11.8 Å². The Hall–Kier alpha value is -2.11. The van der Waals surface area contributed by atoms with Gasteiger partial charge in [-0.05, 0) is 18.1 Å². The van der Waals surface area contributed by atoms with E-state index in [2.05, 4.69) is 4.98 Å². The van der Waals surface area contributed by atoms with E-state index in [1.165, 1.54) is 13.3 Å². The summed E-state index contributed by atoms with van der Waals surface area (Å²) in [5, 5.41) is 0. The van der Waals surface area contributed by atoms with Gasteiger partial charge in [0, 0.05) is 13.1 Å². The van der Waals surface area contributed by atoms with Crippen LogP contribution in [0.25, 0.3) is 0 Å². The van der Waals surface area contributed by atoms with Crippen LogP contribution >= 0.6 is 0 Å². The number of hydrogen-bond donors (Lipinski definition) is 1. The van der Waals surface area contributed by atoms with Gasteiger partial charge in [0.2, 0.25) is 0 Å². The highest BCUT2D eigenvalue weighted by Crippen LogP contribution is 2.25. The molecule has 0 spiro atoms. The van der Waals surface area contributed by atoms with Gasteiger partial charge in [0.25, 0.3) is 5.91 Å². The van der Waals surface area contributed by atoms with Crippen LogP contribution in [0.1, 0.15) is 17.4 Å². The van der Waals surface area contributed by atoms with E-state index in [4.69, 9.17) is 10.5 Å². The van der Waals surface area contributed by atoms with E-state index >= 15 is 0 Å². The van der Waals surface area contributed by atoms with Crippen molar-refractivity contribution in [1.29, 1.82) is 0 Å². The summed E-state index contributed by atoms with van der Waals surface area (Å²) in [6, 6.07) is 3.23. The molecular formula is C13H17N3O3. The minimum atomic E-state index is -0.270. The molecule has 6 heteroatoms. The molecule has 0 bridgehead atoms. The smallest absolute Gasteiger partial charge is 0.310 e. The van der Waals surface area contributed by atoms with Crippen molar-refractivity contribution in [1.82, 2.24) is 9.88 Å². The number of pyridine rings is 1. The molecule has 19 heavy (non-hydrogen) atoms. The van der Waals surface area contributed by atoms with Gasteiger partial charge in [-0.3, -0.25) is 9.59 Å². The van der Waals surface area contributed by atoms with Crippen LogP contribution in [0.4, 0.5) is 5.69 Å². The average Bonchev–Trinajstić information content (AvgIpc) is 2.80. The Kier molecular flexibility index (Phi) is 3.69. The van der Waals surface area contributed by atoms with Crippen LogP contribution in [-0.2, 0) is 9.53 Å². The lowest BCUT2D eigenvalue weighted by Gasteiger charge is -2.15. The van der Waals surface area contributed by atoms with Crippen molar-refractivity contribution in [3.8, 4) is 0 Å². The maximum Gasteiger partial charge on any atom is 0.310 e. The highest BCUT2D eigenvalue weighted by atomic mass is 16.5. The second kappa shape index (κ2) is 5.26. The predicted molar refractivity (Wildman–Crippen MR) is 69.2 cm³/mol. The van der Waals surface area contributed by atoms with Gasteiger partial charge in [-0.2, -0.15) is 0 Å². The number of anilines is 1. The Morgan fingerprint density at radius 3 is 2.74 bits per heavy atom. The quantitative estimate of drug-likeness (QED) is 0.787. The molecule has 1 aromatic rings. The second-order valence-electron chi connectivity index (χ2n) is 4.79. The summed E-state index contributed by atoms with van der Waals surface area (Å²) in [4.78, 5) is 29.4. The molecule has 0 aliphatic carbocycles. The van der Waals surface area contributed by atoms with E-state index in [0.717, 1.165) is 0 Å². The Morgan fingerprint density at radius 2 is 2.16 bits per heavy atom. The molecular weight excluding hydrogens is 246 g/mol. The number of ether oxygens (including phenoxy) is 1. The number of amides is 1. The topological polar surface area (TPSA) is 85.5 Å². The lowest BCUT2D eigenvalue weighted by atomic mass is 9.99. The number of nitrogen functional groups attached to an aromatic ring is 1. The number of nitrogens with zero attached hydrogens (tertiary/aromatic N) is 2. The number of carbonyl (C=O) groups excluding carboxylic acids is 2. The maximum absolute atomic E-state index is 12.2. The summed E-state index contributed by atoms with van der Waals surface area (Å²) in [5.41, 5.74) is 6.39. The normalized spacial score (nSPS) is 22.3. The van der Waals surface area contributed by atoms with Crippen LogP contribution in [0.15, 0.2) is 18.3 Å². The zero-order valence-electron chi connectivity index (χ0n) is 11.0. The van der Waals surface area contributed by atoms with Crippen LogP contribution in [0, 0.1) is 11.8 Å². The Bertz CT molecular complexity index is 486. The second-order valence-corrected chi connectivity index (χ2v) is 4.79. The SMILES string of the molecule is COC(=O)C1CN(C(=O)c2ccc(N)cn2)CC1C. The molecule has 1 aliphatic rings.